The van der Waals surface area contributed by atoms with Gasteiger partial charge in [0.15, 0.2) is 0 Å². The zero-order chi connectivity index (χ0) is 25.5. The molecule has 0 saturated carbocycles. The molecule has 0 heterocycles. The molecule has 6 heteroatoms. The third-order valence-electron chi connectivity index (χ3n) is 5.65. The minimum atomic E-state index is -0.581. The van der Waals surface area contributed by atoms with Crippen molar-refractivity contribution >= 4 is 35.0 Å². The molecule has 0 spiro atoms. The average Bonchev–Trinajstić information content (AvgIpc) is 2.88. The first kappa shape index (κ1) is 25.2. The molecule has 4 nitrogen and oxygen atoms in total. The zero-order valence-corrected chi connectivity index (χ0v) is 20.9. The summed E-state index contributed by atoms with van der Waals surface area (Å²) in [5, 5.41) is 5.25. The van der Waals surface area contributed by atoms with Crippen molar-refractivity contribution in [3.63, 3.8) is 0 Å². The van der Waals surface area contributed by atoms with Crippen LogP contribution in [0.15, 0.2) is 108 Å². The van der Waals surface area contributed by atoms with Crippen LogP contribution in [0.25, 0.3) is 0 Å². The summed E-state index contributed by atoms with van der Waals surface area (Å²) < 4.78 is 14.0. The van der Waals surface area contributed by atoms with Gasteiger partial charge in [0.2, 0.25) is 5.91 Å². The first-order chi connectivity index (χ1) is 17.4. The second-order valence-electron chi connectivity index (χ2n) is 8.64. The molecule has 4 aromatic carbocycles. The number of anilines is 2. The highest BCUT2D eigenvalue weighted by Crippen LogP contribution is 2.37. The van der Waals surface area contributed by atoms with E-state index in [9.17, 15) is 14.0 Å². The molecule has 0 aliphatic carbocycles. The monoisotopic (exact) mass is 498 g/mol. The fourth-order valence-electron chi connectivity index (χ4n) is 3.69. The van der Waals surface area contributed by atoms with Crippen molar-refractivity contribution in [2.24, 2.45) is 0 Å². The van der Waals surface area contributed by atoms with Crippen molar-refractivity contribution in [3.8, 4) is 0 Å². The predicted molar refractivity (Wildman–Crippen MR) is 145 cm³/mol. The molecule has 1 unspecified atom stereocenters. The van der Waals surface area contributed by atoms with Crippen LogP contribution in [0, 0.1) is 5.82 Å². The van der Waals surface area contributed by atoms with Crippen LogP contribution in [-0.4, -0.2) is 11.8 Å². The highest BCUT2D eigenvalue weighted by molar-refractivity contribution is 8.00. The number of amides is 2. The molecule has 1 atom stereocenters. The standard InChI is InChI=1S/C30H27FN2O2S/c1-20(2)21-15-17-23(18-16-21)32-30(35)28(22-9-4-3-5-10-22)36-25-12-8-11-24(19-25)33-29(34)26-13-6-7-14-27(26)31/h3-20,28H,1-2H3,(H,32,35)(H,33,34). The molecule has 4 rings (SSSR count). The Balaban J connectivity index is 1.53. The largest absolute Gasteiger partial charge is 0.325 e. The van der Waals surface area contributed by atoms with E-state index < -0.39 is 17.0 Å². The van der Waals surface area contributed by atoms with Crippen LogP contribution in [0.4, 0.5) is 15.8 Å². The topological polar surface area (TPSA) is 58.2 Å². The molecule has 2 amide bonds. The van der Waals surface area contributed by atoms with Gasteiger partial charge in [-0.15, -0.1) is 11.8 Å². The lowest BCUT2D eigenvalue weighted by atomic mass is 10.0. The van der Waals surface area contributed by atoms with E-state index in [1.807, 2.05) is 60.7 Å². The van der Waals surface area contributed by atoms with Crippen LogP contribution in [0.5, 0.6) is 0 Å². The van der Waals surface area contributed by atoms with Gasteiger partial charge in [-0.2, -0.15) is 0 Å². The van der Waals surface area contributed by atoms with E-state index in [1.165, 1.54) is 35.5 Å². The molecule has 4 aromatic rings. The molecule has 0 fully saturated rings. The summed E-state index contributed by atoms with van der Waals surface area (Å²) in [6, 6.07) is 30.5. The van der Waals surface area contributed by atoms with Gasteiger partial charge < -0.3 is 10.6 Å². The van der Waals surface area contributed by atoms with E-state index >= 15 is 0 Å². The SMILES string of the molecule is CC(C)c1ccc(NC(=O)C(Sc2cccc(NC(=O)c3ccccc3F)c2)c2ccccc2)cc1. The lowest BCUT2D eigenvalue weighted by Crippen LogP contribution is -2.19. The summed E-state index contributed by atoms with van der Waals surface area (Å²) >= 11 is 1.38. The molecule has 2 N–H and O–H groups in total. The second kappa shape index (κ2) is 11.7. The molecule has 182 valence electrons. The van der Waals surface area contributed by atoms with E-state index in [1.54, 1.807) is 24.3 Å². The molecule has 0 radical (unpaired) electrons. The summed E-state index contributed by atoms with van der Waals surface area (Å²) in [4.78, 5) is 26.7. The Bertz CT molecular complexity index is 1340. The minimum absolute atomic E-state index is 0.0272. The molecule has 0 bridgehead atoms. The van der Waals surface area contributed by atoms with Crippen molar-refractivity contribution in [2.75, 3.05) is 10.6 Å². The van der Waals surface area contributed by atoms with Crippen LogP contribution in [0.3, 0.4) is 0 Å². The fourth-order valence-corrected chi connectivity index (χ4v) is 4.77. The van der Waals surface area contributed by atoms with Gasteiger partial charge in [-0.3, -0.25) is 9.59 Å². The first-order valence-electron chi connectivity index (χ1n) is 11.7. The van der Waals surface area contributed by atoms with Crippen molar-refractivity contribution in [2.45, 2.75) is 29.9 Å². The lowest BCUT2D eigenvalue weighted by molar-refractivity contribution is -0.115. The number of rotatable bonds is 8. The summed E-state index contributed by atoms with van der Waals surface area (Å²) in [5.41, 5.74) is 3.29. The Labute approximate surface area is 215 Å². The van der Waals surface area contributed by atoms with E-state index in [4.69, 9.17) is 0 Å². The first-order valence-corrected chi connectivity index (χ1v) is 12.6. The van der Waals surface area contributed by atoms with E-state index in [0.717, 1.165) is 16.1 Å². The summed E-state index contributed by atoms with van der Waals surface area (Å²) in [6.07, 6.45) is 0. The molecule has 0 aliphatic heterocycles. The van der Waals surface area contributed by atoms with Crippen LogP contribution < -0.4 is 10.6 Å². The minimum Gasteiger partial charge on any atom is -0.325 e. The maximum atomic E-state index is 14.0. The average molecular weight is 499 g/mol. The Hall–Kier alpha value is -3.90. The Morgan fingerprint density at radius 3 is 2.11 bits per heavy atom. The number of halogens is 1. The maximum Gasteiger partial charge on any atom is 0.258 e. The fraction of sp³-hybridized carbons (Fsp3) is 0.133. The summed E-state index contributed by atoms with van der Waals surface area (Å²) in [7, 11) is 0. The van der Waals surface area contributed by atoms with E-state index in [2.05, 4.69) is 24.5 Å². The van der Waals surface area contributed by atoms with Crippen LogP contribution in [-0.2, 0) is 4.79 Å². The smallest absolute Gasteiger partial charge is 0.258 e. The zero-order valence-electron chi connectivity index (χ0n) is 20.1. The maximum absolute atomic E-state index is 14.0. The van der Waals surface area contributed by atoms with Crippen molar-refractivity contribution in [3.05, 3.63) is 126 Å². The molecule has 0 aromatic heterocycles. The summed E-state index contributed by atoms with van der Waals surface area (Å²) in [5.74, 6) is -0.849. The Morgan fingerprint density at radius 1 is 0.722 bits per heavy atom. The molecule has 36 heavy (non-hydrogen) atoms. The Morgan fingerprint density at radius 2 is 1.42 bits per heavy atom. The highest BCUT2D eigenvalue weighted by atomic mass is 32.2. The summed E-state index contributed by atoms with van der Waals surface area (Å²) in [6.45, 7) is 4.26. The number of benzene rings is 4. The third kappa shape index (κ3) is 6.40. The van der Waals surface area contributed by atoms with Crippen LogP contribution in [0.1, 0.15) is 46.5 Å². The lowest BCUT2D eigenvalue weighted by Gasteiger charge is -2.18. The van der Waals surface area contributed by atoms with E-state index in [-0.39, 0.29) is 11.5 Å². The van der Waals surface area contributed by atoms with Gasteiger partial charge in [0.25, 0.3) is 5.91 Å². The number of carbonyl (C=O) groups is 2. The van der Waals surface area contributed by atoms with Gasteiger partial charge in [-0.25, -0.2) is 4.39 Å². The normalized spacial score (nSPS) is 11.7. The number of nitrogens with one attached hydrogen (secondary N) is 2. The quantitative estimate of drug-likeness (QED) is 0.245. The van der Waals surface area contributed by atoms with Crippen molar-refractivity contribution in [1.29, 1.82) is 0 Å². The molecular formula is C30H27FN2O2S. The number of hydrogen-bond acceptors (Lipinski definition) is 3. The Kier molecular flexibility index (Phi) is 8.18. The highest BCUT2D eigenvalue weighted by Gasteiger charge is 2.22. The predicted octanol–water partition coefficient (Wildman–Crippen LogP) is 7.67. The third-order valence-corrected chi connectivity index (χ3v) is 6.90. The van der Waals surface area contributed by atoms with Gasteiger partial charge >= 0.3 is 0 Å². The van der Waals surface area contributed by atoms with Gasteiger partial charge in [0, 0.05) is 16.3 Å². The van der Waals surface area contributed by atoms with Crippen LogP contribution >= 0.6 is 11.8 Å². The number of thioether (sulfide) groups is 1. The van der Waals surface area contributed by atoms with E-state index in [0.29, 0.717) is 11.6 Å². The number of carbonyl (C=O) groups excluding carboxylic acids is 2. The molecule has 0 aliphatic rings. The van der Waals surface area contributed by atoms with Crippen LogP contribution in [0.2, 0.25) is 0 Å². The van der Waals surface area contributed by atoms with Gasteiger partial charge in [-0.05, 0) is 59.5 Å². The second-order valence-corrected chi connectivity index (χ2v) is 9.81. The van der Waals surface area contributed by atoms with Crippen molar-refractivity contribution < 1.29 is 14.0 Å². The van der Waals surface area contributed by atoms with Gasteiger partial charge in [0.1, 0.15) is 11.1 Å². The molecular weight excluding hydrogens is 471 g/mol. The van der Waals surface area contributed by atoms with Crippen molar-refractivity contribution in [1.82, 2.24) is 0 Å². The molecule has 0 saturated heterocycles. The van der Waals surface area contributed by atoms with Gasteiger partial charge in [-0.1, -0.05) is 74.5 Å². The van der Waals surface area contributed by atoms with Gasteiger partial charge in [0.05, 0.1) is 5.56 Å². The number of hydrogen-bond donors (Lipinski definition) is 2.